The van der Waals surface area contributed by atoms with Crippen molar-refractivity contribution < 1.29 is 14.5 Å². The largest absolute Gasteiger partial charge is 0.479 e. The van der Waals surface area contributed by atoms with Crippen LogP contribution in [0.4, 0.5) is 11.6 Å². The Balaban J connectivity index is 2.02. The minimum atomic E-state index is -0.597. The molecular weight excluding hydrogens is 300 g/mol. The molecule has 1 aromatic rings. The molecule has 8 heteroatoms. The summed E-state index contributed by atoms with van der Waals surface area (Å²) in [6.45, 7) is 1.88. The third kappa shape index (κ3) is 3.01. The minimum absolute atomic E-state index is 0.00679. The average molecular weight is 314 g/mol. The molecule has 1 saturated carbocycles. The van der Waals surface area contributed by atoms with Crippen LogP contribution in [-0.4, -0.2) is 34.2 Å². The van der Waals surface area contributed by atoms with Crippen LogP contribution in [-0.2, 0) is 4.79 Å². The number of aliphatic imine (C=N–C) groups is 2. The Labute approximate surface area is 131 Å². The first-order valence-corrected chi connectivity index (χ1v) is 7.18. The van der Waals surface area contributed by atoms with E-state index in [1.165, 1.54) is 30.8 Å². The zero-order chi connectivity index (χ0) is 16.4. The van der Waals surface area contributed by atoms with Crippen molar-refractivity contribution >= 4 is 29.8 Å². The maximum Gasteiger partial charge on any atom is 0.366 e. The average Bonchev–Trinajstić information content (AvgIpc) is 2.54. The van der Waals surface area contributed by atoms with Crippen LogP contribution in [0.5, 0.6) is 5.75 Å². The van der Waals surface area contributed by atoms with Crippen molar-refractivity contribution in [3.63, 3.8) is 0 Å². The van der Waals surface area contributed by atoms with Gasteiger partial charge in [0.1, 0.15) is 6.10 Å². The van der Waals surface area contributed by atoms with Crippen molar-refractivity contribution in [1.82, 2.24) is 4.98 Å². The van der Waals surface area contributed by atoms with Gasteiger partial charge in [0.05, 0.1) is 5.57 Å². The highest BCUT2D eigenvalue weighted by Gasteiger charge is 2.33. The molecule has 1 aromatic heterocycles. The molecule has 2 aliphatic rings. The summed E-state index contributed by atoms with van der Waals surface area (Å²) in [5, 5.41) is 10.8. The lowest BCUT2D eigenvalue weighted by molar-refractivity contribution is -0.389. The molecule has 0 bridgehead atoms. The lowest BCUT2D eigenvalue weighted by Gasteiger charge is -2.28. The lowest BCUT2D eigenvalue weighted by Crippen LogP contribution is -2.33. The quantitative estimate of drug-likeness (QED) is 0.584. The van der Waals surface area contributed by atoms with Crippen LogP contribution < -0.4 is 4.74 Å². The number of rotatable bonds is 1. The lowest BCUT2D eigenvalue weighted by atomic mass is 9.84. The van der Waals surface area contributed by atoms with E-state index in [4.69, 9.17) is 4.74 Å². The fourth-order valence-corrected chi connectivity index (χ4v) is 2.53. The van der Waals surface area contributed by atoms with Gasteiger partial charge in [-0.1, -0.05) is 6.92 Å². The molecule has 0 amide bonds. The number of pyridine rings is 1. The smallest absolute Gasteiger partial charge is 0.366 e. The number of hydrogen-bond donors (Lipinski definition) is 0. The van der Waals surface area contributed by atoms with Gasteiger partial charge >= 0.3 is 11.6 Å². The van der Waals surface area contributed by atoms with Crippen molar-refractivity contribution in [3.8, 4) is 5.75 Å². The van der Waals surface area contributed by atoms with Gasteiger partial charge in [-0.15, -0.1) is 0 Å². The maximum atomic E-state index is 12.3. The Morgan fingerprint density at radius 2 is 2.13 bits per heavy atom. The molecule has 8 nitrogen and oxygen atoms in total. The van der Waals surface area contributed by atoms with Crippen molar-refractivity contribution in [2.45, 2.75) is 25.9 Å². The Morgan fingerprint density at radius 3 is 2.91 bits per heavy atom. The van der Waals surface area contributed by atoms with Gasteiger partial charge in [-0.2, -0.15) is 0 Å². The third-order valence-corrected chi connectivity index (χ3v) is 3.78. The highest BCUT2D eigenvalue weighted by atomic mass is 16.6. The summed E-state index contributed by atoms with van der Waals surface area (Å²) in [4.78, 5) is 34.5. The van der Waals surface area contributed by atoms with Crippen LogP contribution >= 0.6 is 0 Å². The first-order chi connectivity index (χ1) is 11.1. The summed E-state index contributed by atoms with van der Waals surface area (Å²) in [7, 11) is 0. The first kappa shape index (κ1) is 15.0. The second-order valence-electron chi connectivity index (χ2n) is 5.36. The van der Waals surface area contributed by atoms with E-state index in [-0.39, 0.29) is 23.3 Å². The van der Waals surface area contributed by atoms with E-state index >= 15 is 0 Å². The Kier molecular flexibility index (Phi) is 3.96. The highest BCUT2D eigenvalue weighted by molar-refractivity contribution is 6.17. The Morgan fingerprint density at radius 1 is 1.30 bits per heavy atom. The van der Waals surface area contributed by atoms with E-state index in [1.54, 1.807) is 0 Å². The summed E-state index contributed by atoms with van der Waals surface area (Å²) < 4.78 is 5.87. The number of ketones is 1. The molecule has 3 rings (SSSR count). The number of nitrogens with zero attached hydrogens (tertiary/aromatic N) is 4. The summed E-state index contributed by atoms with van der Waals surface area (Å²) in [5.41, 5.74) is 0.500. The van der Waals surface area contributed by atoms with Crippen LogP contribution in [0.3, 0.4) is 0 Å². The standard InChI is InChI=1S/C15H14N4O4/c1-9-2-3-11-10(14(9)20)8-16-6-7-17-15-12(23-11)4-5-13(18-15)19(21)22/h4-9,11H,2-3H2,1H3/b10-8+,16-6-,17-7-. The van der Waals surface area contributed by atoms with E-state index in [2.05, 4.69) is 15.0 Å². The van der Waals surface area contributed by atoms with Crippen molar-refractivity contribution in [2.75, 3.05) is 0 Å². The van der Waals surface area contributed by atoms with Gasteiger partial charge < -0.3 is 14.9 Å². The molecule has 1 fully saturated rings. The van der Waals surface area contributed by atoms with E-state index < -0.39 is 11.0 Å². The van der Waals surface area contributed by atoms with E-state index in [9.17, 15) is 14.9 Å². The van der Waals surface area contributed by atoms with E-state index in [0.29, 0.717) is 24.2 Å². The highest BCUT2D eigenvalue weighted by Crippen LogP contribution is 2.34. The number of hydrogen-bond acceptors (Lipinski definition) is 7. The molecule has 0 N–H and O–H groups in total. The van der Waals surface area contributed by atoms with Gasteiger partial charge in [0, 0.05) is 30.6 Å². The van der Waals surface area contributed by atoms with Gasteiger partial charge in [0.15, 0.2) is 11.5 Å². The molecule has 2 heterocycles. The molecule has 0 aromatic carbocycles. The molecule has 0 saturated heterocycles. The molecule has 2 atom stereocenters. The van der Waals surface area contributed by atoms with Crippen molar-refractivity contribution in [2.24, 2.45) is 15.9 Å². The predicted molar refractivity (Wildman–Crippen MR) is 83.4 cm³/mol. The summed E-state index contributed by atoms with van der Waals surface area (Å²) in [6.07, 6.45) is 5.18. The minimum Gasteiger partial charge on any atom is -0.479 e. The zero-order valence-electron chi connectivity index (χ0n) is 12.4. The van der Waals surface area contributed by atoms with Crippen molar-refractivity contribution in [1.29, 1.82) is 0 Å². The summed E-state index contributed by atoms with van der Waals surface area (Å²) in [5.74, 6) is 0.0238. The van der Waals surface area contributed by atoms with Gasteiger partial charge in [-0.3, -0.25) is 9.79 Å². The van der Waals surface area contributed by atoms with Crippen LogP contribution in [0, 0.1) is 16.0 Å². The number of nitro groups is 1. The summed E-state index contributed by atoms with van der Waals surface area (Å²) in [6, 6.07) is 2.71. The van der Waals surface area contributed by atoms with Crippen LogP contribution in [0.25, 0.3) is 0 Å². The number of fused-ring (bicyclic) bond motifs is 2. The molecule has 0 spiro atoms. The van der Waals surface area contributed by atoms with Gasteiger partial charge in [0.2, 0.25) is 0 Å². The fraction of sp³-hybridized carbons (Fsp3) is 0.333. The third-order valence-electron chi connectivity index (χ3n) is 3.78. The normalized spacial score (nSPS) is 28.4. The van der Waals surface area contributed by atoms with Crippen molar-refractivity contribution in [3.05, 3.63) is 34.0 Å². The van der Waals surface area contributed by atoms with E-state index in [0.717, 1.165) is 0 Å². The van der Waals surface area contributed by atoms with Crippen LogP contribution in [0.1, 0.15) is 19.8 Å². The van der Waals surface area contributed by atoms with Crippen LogP contribution in [0.2, 0.25) is 0 Å². The Bertz CT molecular complexity index is 754. The number of carbonyl (C=O) groups is 1. The number of Topliss-reactive ketones (excluding diaryl/α,β-unsaturated/α-hetero) is 1. The topological polar surface area (TPSA) is 107 Å². The fourth-order valence-electron chi connectivity index (χ4n) is 2.53. The van der Waals surface area contributed by atoms with Gasteiger partial charge in [-0.25, -0.2) is 4.99 Å². The molecule has 0 radical (unpaired) electrons. The first-order valence-electron chi connectivity index (χ1n) is 7.18. The number of carbonyl (C=O) groups excluding carboxylic acids is 1. The molecule has 2 unspecified atom stereocenters. The van der Waals surface area contributed by atoms with Crippen LogP contribution in [0.15, 0.2) is 33.9 Å². The molecule has 118 valence electrons. The second kappa shape index (κ2) is 6.07. The zero-order valence-corrected chi connectivity index (χ0v) is 12.4. The Hall–Kier alpha value is -2.90. The second-order valence-corrected chi connectivity index (χ2v) is 5.36. The monoisotopic (exact) mass is 314 g/mol. The SMILES string of the molecule is CC1CCC2Oc3ccc([N+](=O)[O-])nc3\N=C/C=N\C=C/2C1=O. The maximum absolute atomic E-state index is 12.3. The van der Waals surface area contributed by atoms with E-state index in [1.807, 2.05) is 6.92 Å². The number of aromatic nitrogens is 1. The molecule has 1 aliphatic heterocycles. The number of ether oxygens (including phenoxy) is 1. The molecular formula is C15H14N4O4. The summed E-state index contributed by atoms with van der Waals surface area (Å²) >= 11 is 0. The van der Waals surface area contributed by atoms with Gasteiger partial charge in [0.25, 0.3) is 0 Å². The van der Waals surface area contributed by atoms with Gasteiger partial charge in [-0.05, 0) is 28.8 Å². The molecule has 23 heavy (non-hydrogen) atoms. The predicted octanol–water partition coefficient (Wildman–Crippen LogP) is 2.41. The molecule has 1 aliphatic carbocycles.